The van der Waals surface area contributed by atoms with Crippen molar-refractivity contribution < 1.29 is 9.90 Å². The highest BCUT2D eigenvalue weighted by Crippen LogP contribution is 2.18. The lowest BCUT2D eigenvalue weighted by Crippen LogP contribution is -2.16. The Morgan fingerprint density at radius 1 is 1.59 bits per heavy atom. The molecule has 5 nitrogen and oxygen atoms in total. The standard InChI is InChI=1S/C12H15N3O2/c1-3-8(2)13-11-10(12(16)17)15-7-5-4-6-9(15)14-11/h4-8,13H,3H2,1-2H3,(H,16,17). The molecule has 1 unspecified atom stereocenters. The quantitative estimate of drug-likeness (QED) is 0.849. The minimum Gasteiger partial charge on any atom is -0.476 e. The van der Waals surface area contributed by atoms with Gasteiger partial charge in [-0.05, 0) is 25.5 Å². The number of pyridine rings is 1. The van der Waals surface area contributed by atoms with Gasteiger partial charge in [0.15, 0.2) is 11.5 Å². The second-order valence-corrected chi connectivity index (χ2v) is 4.00. The van der Waals surface area contributed by atoms with Gasteiger partial charge in [-0.15, -0.1) is 0 Å². The molecular weight excluding hydrogens is 218 g/mol. The van der Waals surface area contributed by atoms with Gasteiger partial charge in [0, 0.05) is 12.2 Å². The summed E-state index contributed by atoms with van der Waals surface area (Å²) in [5, 5.41) is 12.4. The summed E-state index contributed by atoms with van der Waals surface area (Å²) in [4.78, 5) is 15.6. The van der Waals surface area contributed by atoms with Crippen LogP contribution in [0.4, 0.5) is 5.82 Å². The predicted molar refractivity (Wildman–Crippen MR) is 65.5 cm³/mol. The van der Waals surface area contributed by atoms with Crippen LogP contribution in [0.15, 0.2) is 24.4 Å². The SMILES string of the molecule is CCC(C)Nc1nc2ccccn2c1C(=O)O. The Hall–Kier alpha value is -2.04. The maximum Gasteiger partial charge on any atom is 0.356 e. The van der Waals surface area contributed by atoms with Crippen LogP contribution in [0.5, 0.6) is 0 Å². The van der Waals surface area contributed by atoms with Gasteiger partial charge in [0.1, 0.15) is 5.65 Å². The molecule has 2 rings (SSSR count). The van der Waals surface area contributed by atoms with E-state index in [0.717, 1.165) is 6.42 Å². The number of imidazole rings is 1. The van der Waals surface area contributed by atoms with Crippen molar-refractivity contribution >= 4 is 17.4 Å². The topological polar surface area (TPSA) is 66.6 Å². The maximum absolute atomic E-state index is 11.3. The van der Waals surface area contributed by atoms with Crippen LogP contribution < -0.4 is 5.32 Å². The molecule has 2 heterocycles. The summed E-state index contributed by atoms with van der Waals surface area (Å²) in [6, 6.07) is 5.60. The fourth-order valence-corrected chi connectivity index (χ4v) is 1.64. The van der Waals surface area contributed by atoms with Crippen LogP contribution in [-0.4, -0.2) is 26.5 Å². The number of rotatable bonds is 4. The molecule has 0 aromatic carbocycles. The Morgan fingerprint density at radius 2 is 2.35 bits per heavy atom. The summed E-state index contributed by atoms with van der Waals surface area (Å²) >= 11 is 0. The Labute approximate surface area is 99.1 Å². The molecule has 2 aromatic rings. The van der Waals surface area contributed by atoms with E-state index in [9.17, 15) is 9.90 Å². The monoisotopic (exact) mass is 233 g/mol. The predicted octanol–water partition coefficient (Wildman–Crippen LogP) is 2.24. The number of hydrogen-bond donors (Lipinski definition) is 2. The molecular formula is C12H15N3O2. The Bertz CT molecular complexity index is 548. The van der Waals surface area contributed by atoms with Crippen LogP contribution in [0.2, 0.25) is 0 Å². The van der Waals surface area contributed by atoms with E-state index < -0.39 is 5.97 Å². The van der Waals surface area contributed by atoms with Crippen molar-refractivity contribution in [1.29, 1.82) is 0 Å². The molecule has 2 aromatic heterocycles. The van der Waals surface area contributed by atoms with E-state index in [0.29, 0.717) is 11.5 Å². The van der Waals surface area contributed by atoms with Crippen LogP contribution in [-0.2, 0) is 0 Å². The van der Waals surface area contributed by atoms with Gasteiger partial charge in [-0.3, -0.25) is 4.40 Å². The zero-order valence-corrected chi connectivity index (χ0v) is 9.84. The van der Waals surface area contributed by atoms with Gasteiger partial charge in [0.05, 0.1) is 0 Å². The fraction of sp³-hybridized carbons (Fsp3) is 0.333. The van der Waals surface area contributed by atoms with Crippen LogP contribution >= 0.6 is 0 Å². The molecule has 5 heteroatoms. The molecule has 0 saturated heterocycles. The number of nitrogens with zero attached hydrogens (tertiary/aromatic N) is 2. The van der Waals surface area contributed by atoms with Gasteiger partial charge in [0.2, 0.25) is 0 Å². The number of carboxylic acids is 1. The van der Waals surface area contributed by atoms with E-state index >= 15 is 0 Å². The number of carbonyl (C=O) groups is 1. The fourth-order valence-electron chi connectivity index (χ4n) is 1.64. The Balaban J connectivity index is 2.54. The third-order valence-corrected chi connectivity index (χ3v) is 2.73. The molecule has 2 N–H and O–H groups in total. The summed E-state index contributed by atoms with van der Waals surface area (Å²) < 4.78 is 1.58. The highest BCUT2D eigenvalue weighted by molar-refractivity contribution is 5.93. The molecule has 0 fully saturated rings. The number of fused-ring (bicyclic) bond motifs is 1. The van der Waals surface area contributed by atoms with Gasteiger partial charge in [-0.1, -0.05) is 13.0 Å². The van der Waals surface area contributed by atoms with Gasteiger partial charge >= 0.3 is 5.97 Å². The van der Waals surface area contributed by atoms with E-state index in [1.807, 2.05) is 19.9 Å². The zero-order valence-electron chi connectivity index (χ0n) is 9.84. The van der Waals surface area contributed by atoms with E-state index in [1.165, 1.54) is 0 Å². The highest BCUT2D eigenvalue weighted by atomic mass is 16.4. The molecule has 0 aliphatic heterocycles. The third kappa shape index (κ3) is 2.08. The van der Waals surface area contributed by atoms with Crippen molar-refractivity contribution in [3.05, 3.63) is 30.1 Å². The first-order valence-electron chi connectivity index (χ1n) is 5.60. The molecule has 0 spiro atoms. The van der Waals surface area contributed by atoms with Crippen LogP contribution in [0.25, 0.3) is 5.65 Å². The molecule has 0 aliphatic carbocycles. The normalized spacial score (nSPS) is 12.6. The van der Waals surface area contributed by atoms with Crippen molar-refractivity contribution in [2.45, 2.75) is 26.3 Å². The molecule has 0 amide bonds. The minimum atomic E-state index is -0.977. The summed E-state index contributed by atoms with van der Waals surface area (Å²) in [7, 11) is 0. The Morgan fingerprint density at radius 3 is 3.00 bits per heavy atom. The first kappa shape index (κ1) is 11.4. The minimum absolute atomic E-state index is 0.181. The van der Waals surface area contributed by atoms with Crippen LogP contribution in [0.1, 0.15) is 30.8 Å². The number of nitrogens with one attached hydrogen (secondary N) is 1. The third-order valence-electron chi connectivity index (χ3n) is 2.73. The van der Waals surface area contributed by atoms with Gasteiger partial charge in [-0.2, -0.15) is 0 Å². The number of hydrogen-bond acceptors (Lipinski definition) is 3. The lowest BCUT2D eigenvalue weighted by Gasteiger charge is -2.10. The van der Waals surface area contributed by atoms with Gasteiger partial charge in [0.25, 0.3) is 0 Å². The summed E-state index contributed by atoms with van der Waals surface area (Å²) in [5.74, 6) is -0.549. The molecule has 1 atom stereocenters. The van der Waals surface area contributed by atoms with Gasteiger partial charge < -0.3 is 10.4 Å². The second-order valence-electron chi connectivity index (χ2n) is 4.00. The van der Waals surface area contributed by atoms with Gasteiger partial charge in [-0.25, -0.2) is 9.78 Å². The molecule has 0 saturated carbocycles. The lowest BCUT2D eigenvalue weighted by atomic mass is 10.2. The lowest BCUT2D eigenvalue weighted by molar-refractivity contribution is 0.0690. The van der Waals surface area contributed by atoms with Crippen molar-refractivity contribution in [3.8, 4) is 0 Å². The summed E-state index contributed by atoms with van der Waals surface area (Å²) in [6.07, 6.45) is 2.61. The molecule has 17 heavy (non-hydrogen) atoms. The largest absolute Gasteiger partial charge is 0.476 e. The number of anilines is 1. The summed E-state index contributed by atoms with van der Waals surface area (Å²) in [5.41, 5.74) is 0.816. The van der Waals surface area contributed by atoms with Crippen molar-refractivity contribution in [2.24, 2.45) is 0 Å². The Kier molecular flexibility index (Phi) is 2.99. The van der Waals surface area contributed by atoms with E-state index in [1.54, 1.807) is 22.7 Å². The first-order chi connectivity index (χ1) is 8.13. The van der Waals surface area contributed by atoms with Crippen molar-refractivity contribution in [3.63, 3.8) is 0 Å². The molecule has 0 aliphatic rings. The van der Waals surface area contributed by atoms with Crippen molar-refractivity contribution in [1.82, 2.24) is 9.38 Å². The smallest absolute Gasteiger partial charge is 0.356 e. The van der Waals surface area contributed by atoms with E-state index in [4.69, 9.17) is 0 Å². The average molecular weight is 233 g/mol. The second kappa shape index (κ2) is 4.45. The average Bonchev–Trinajstić information content (AvgIpc) is 2.66. The van der Waals surface area contributed by atoms with E-state index in [2.05, 4.69) is 10.3 Å². The van der Waals surface area contributed by atoms with E-state index in [-0.39, 0.29) is 11.7 Å². The molecule has 0 bridgehead atoms. The first-order valence-corrected chi connectivity index (χ1v) is 5.60. The van der Waals surface area contributed by atoms with Crippen LogP contribution in [0.3, 0.4) is 0 Å². The maximum atomic E-state index is 11.3. The number of aromatic nitrogens is 2. The van der Waals surface area contributed by atoms with Crippen molar-refractivity contribution in [2.75, 3.05) is 5.32 Å². The molecule has 90 valence electrons. The van der Waals surface area contributed by atoms with Crippen LogP contribution in [0, 0.1) is 0 Å². The number of carboxylic acid groups (broad SMARTS) is 1. The highest BCUT2D eigenvalue weighted by Gasteiger charge is 2.18. The number of aromatic carboxylic acids is 1. The zero-order chi connectivity index (χ0) is 12.4. The molecule has 0 radical (unpaired) electrons. The summed E-state index contributed by atoms with van der Waals surface area (Å²) in [6.45, 7) is 4.03.